The molecule has 1 nitrogen and oxygen atoms in total. The first-order valence-corrected chi connectivity index (χ1v) is 7.47. The van der Waals surface area contributed by atoms with Crippen molar-refractivity contribution in [2.75, 3.05) is 0 Å². The van der Waals surface area contributed by atoms with Gasteiger partial charge in [-0.3, -0.25) is 0 Å². The van der Waals surface area contributed by atoms with E-state index in [-0.39, 0.29) is 0 Å². The number of allylic oxidation sites excluding steroid dienone is 2. The van der Waals surface area contributed by atoms with Gasteiger partial charge in [-0.2, -0.15) is 0 Å². The van der Waals surface area contributed by atoms with E-state index in [0.29, 0.717) is 35.7 Å². The second-order valence-electron chi connectivity index (χ2n) is 5.69. The van der Waals surface area contributed by atoms with E-state index in [9.17, 15) is 13.9 Å². The third kappa shape index (κ3) is 3.81. The van der Waals surface area contributed by atoms with Crippen LogP contribution in [-0.2, 0) is 0 Å². The van der Waals surface area contributed by atoms with Crippen molar-refractivity contribution in [1.29, 1.82) is 0 Å². The lowest BCUT2D eigenvalue weighted by Crippen LogP contribution is -2.10. The number of hydrogen-bond donors (Lipinski definition) is 1. The smallest absolute Gasteiger partial charge is 0.126 e. The van der Waals surface area contributed by atoms with Crippen LogP contribution in [0.3, 0.4) is 0 Å². The van der Waals surface area contributed by atoms with Crippen LogP contribution in [0.4, 0.5) is 8.78 Å². The van der Waals surface area contributed by atoms with Gasteiger partial charge in [-0.05, 0) is 42.0 Å². The molecule has 0 saturated carbocycles. The first kappa shape index (κ1) is 15.0. The Morgan fingerprint density at radius 2 is 1.85 bits per heavy atom. The van der Waals surface area contributed by atoms with Gasteiger partial charge in [-0.15, -0.1) is 0 Å². The molecule has 0 aromatic heterocycles. The zero-order chi connectivity index (χ0) is 14.5. The number of hydrogen-bond acceptors (Lipinski definition) is 1. The Labute approximate surface area is 119 Å². The standard InChI is InChI=1S/C17H22F2O/c1-2-3-4-5-12-6-7-16(17(20)8-12)13-9-14(18)11-15(19)10-13/h9-12,20H,2-8H2,1H3. The quantitative estimate of drug-likeness (QED) is 0.694. The minimum absolute atomic E-state index is 0.308. The molecule has 0 aliphatic heterocycles. The molecular formula is C17H22F2O. The SMILES string of the molecule is CCCCCC1CCC(c2cc(F)cc(F)c2)=C(O)C1. The van der Waals surface area contributed by atoms with Crippen LogP contribution in [0.15, 0.2) is 24.0 Å². The van der Waals surface area contributed by atoms with E-state index in [1.165, 1.54) is 31.4 Å². The molecule has 0 amide bonds. The fourth-order valence-corrected chi connectivity index (χ4v) is 2.96. The zero-order valence-electron chi connectivity index (χ0n) is 12.0. The van der Waals surface area contributed by atoms with E-state index in [1.807, 2.05) is 0 Å². The maximum absolute atomic E-state index is 13.2. The normalized spacial score (nSPS) is 19.4. The van der Waals surface area contributed by atoms with Crippen LogP contribution in [0, 0.1) is 17.6 Å². The molecule has 1 unspecified atom stereocenters. The number of halogens is 2. The lowest BCUT2D eigenvalue weighted by molar-refractivity contribution is 0.312. The molecule has 20 heavy (non-hydrogen) atoms. The molecule has 3 heteroatoms. The maximum atomic E-state index is 13.2. The van der Waals surface area contributed by atoms with Gasteiger partial charge in [-0.25, -0.2) is 8.78 Å². The van der Waals surface area contributed by atoms with Crippen LogP contribution in [0.1, 0.15) is 57.4 Å². The summed E-state index contributed by atoms with van der Waals surface area (Å²) in [4.78, 5) is 0. The van der Waals surface area contributed by atoms with E-state index in [4.69, 9.17) is 0 Å². The third-order valence-corrected chi connectivity index (χ3v) is 4.06. The molecule has 1 aliphatic rings. The van der Waals surface area contributed by atoms with Crippen molar-refractivity contribution < 1.29 is 13.9 Å². The Morgan fingerprint density at radius 1 is 1.15 bits per heavy atom. The first-order valence-electron chi connectivity index (χ1n) is 7.47. The summed E-state index contributed by atoms with van der Waals surface area (Å²) in [6.07, 6.45) is 7.07. The Hall–Kier alpha value is -1.38. The van der Waals surface area contributed by atoms with Gasteiger partial charge in [0.05, 0.1) is 5.76 Å². The summed E-state index contributed by atoms with van der Waals surface area (Å²) in [5, 5.41) is 10.2. The van der Waals surface area contributed by atoms with Gasteiger partial charge in [0.2, 0.25) is 0 Å². The molecule has 0 fully saturated rings. The highest BCUT2D eigenvalue weighted by Gasteiger charge is 2.22. The van der Waals surface area contributed by atoms with Gasteiger partial charge >= 0.3 is 0 Å². The average molecular weight is 280 g/mol. The summed E-state index contributed by atoms with van der Waals surface area (Å²) in [6.45, 7) is 2.18. The molecule has 0 saturated heterocycles. The molecule has 1 aromatic rings. The second-order valence-corrected chi connectivity index (χ2v) is 5.69. The fourth-order valence-electron chi connectivity index (χ4n) is 2.96. The fraction of sp³-hybridized carbons (Fsp3) is 0.529. The van der Waals surface area contributed by atoms with Gasteiger partial charge in [0, 0.05) is 12.5 Å². The first-order chi connectivity index (χ1) is 9.60. The molecule has 2 rings (SSSR count). The summed E-state index contributed by atoms with van der Waals surface area (Å²) in [5.74, 6) is -0.373. The molecule has 0 radical (unpaired) electrons. The lowest BCUT2D eigenvalue weighted by atomic mass is 9.82. The molecular weight excluding hydrogens is 258 g/mol. The Bertz CT molecular complexity index is 474. The van der Waals surface area contributed by atoms with Crippen LogP contribution in [-0.4, -0.2) is 5.11 Å². The van der Waals surface area contributed by atoms with Crippen molar-refractivity contribution in [3.8, 4) is 0 Å². The van der Waals surface area contributed by atoms with E-state index in [0.717, 1.165) is 18.9 Å². The highest BCUT2D eigenvalue weighted by atomic mass is 19.1. The monoisotopic (exact) mass is 280 g/mol. The number of rotatable bonds is 5. The summed E-state index contributed by atoms with van der Waals surface area (Å²) in [7, 11) is 0. The summed E-state index contributed by atoms with van der Waals surface area (Å²) in [5.41, 5.74) is 1.18. The van der Waals surface area contributed by atoms with E-state index in [2.05, 4.69) is 6.92 Å². The predicted octanol–water partition coefficient (Wildman–Crippen LogP) is 5.61. The van der Waals surface area contributed by atoms with Crippen molar-refractivity contribution >= 4 is 5.57 Å². The molecule has 0 bridgehead atoms. The van der Waals surface area contributed by atoms with Gasteiger partial charge in [0.15, 0.2) is 0 Å². The second kappa shape index (κ2) is 6.87. The van der Waals surface area contributed by atoms with Gasteiger partial charge < -0.3 is 5.11 Å². The molecule has 0 spiro atoms. The molecule has 0 heterocycles. The number of unbranched alkanes of at least 4 members (excludes halogenated alkanes) is 2. The Morgan fingerprint density at radius 3 is 2.45 bits per heavy atom. The largest absolute Gasteiger partial charge is 0.512 e. The number of aliphatic hydroxyl groups is 1. The van der Waals surface area contributed by atoms with Crippen LogP contribution in [0.25, 0.3) is 5.57 Å². The molecule has 1 aliphatic carbocycles. The van der Waals surface area contributed by atoms with Crippen molar-refractivity contribution in [3.63, 3.8) is 0 Å². The summed E-state index contributed by atoms with van der Waals surface area (Å²) in [6, 6.07) is 3.45. The van der Waals surface area contributed by atoms with Crippen LogP contribution >= 0.6 is 0 Å². The van der Waals surface area contributed by atoms with E-state index in [1.54, 1.807) is 0 Å². The number of benzene rings is 1. The van der Waals surface area contributed by atoms with Crippen LogP contribution in [0.5, 0.6) is 0 Å². The Balaban J connectivity index is 2.07. The molecule has 1 aromatic carbocycles. The van der Waals surface area contributed by atoms with Crippen molar-refractivity contribution in [2.45, 2.75) is 51.9 Å². The molecule has 1 N–H and O–H groups in total. The summed E-state index contributed by atoms with van der Waals surface area (Å²) >= 11 is 0. The molecule has 1 atom stereocenters. The van der Waals surface area contributed by atoms with Crippen molar-refractivity contribution in [2.24, 2.45) is 5.92 Å². The van der Waals surface area contributed by atoms with Gasteiger partial charge in [0.1, 0.15) is 11.6 Å². The van der Waals surface area contributed by atoms with Crippen molar-refractivity contribution in [1.82, 2.24) is 0 Å². The van der Waals surface area contributed by atoms with E-state index < -0.39 is 11.6 Å². The number of aliphatic hydroxyl groups excluding tert-OH is 1. The Kier molecular flexibility index (Phi) is 5.16. The highest BCUT2D eigenvalue weighted by molar-refractivity contribution is 5.68. The van der Waals surface area contributed by atoms with Gasteiger partial charge in [0.25, 0.3) is 0 Å². The lowest BCUT2D eigenvalue weighted by Gasteiger charge is -2.24. The predicted molar refractivity (Wildman–Crippen MR) is 77.4 cm³/mol. The van der Waals surface area contributed by atoms with Gasteiger partial charge in [-0.1, -0.05) is 32.6 Å². The van der Waals surface area contributed by atoms with Crippen LogP contribution in [0.2, 0.25) is 0 Å². The third-order valence-electron chi connectivity index (χ3n) is 4.06. The topological polar surface area (TPSA) is 20.2 Å². The highest BCUT2D eigenvalue weighted by Crippen LogP contribution is 2.36. The van der Waals surface area contributed by atoms with Crippen molar-refractivity contribution in [3.05, 3.63) is 41.2 Å². The van der Waals surface area contributed by atoms with Crippen LogP contribution < -0.4 is 0 Å². The molecule has 110 valence electrons. The summed E-state index contributed by atoms with van der Waals surface area (Å²) < 4.78 is 26.5. The minimum atomic E-state index is -0.592. The minimum Gasteiger partial charge on any atom is -0.512 e. The zero-order valence-corrected chi connectivity index (χ0v) is 12.0. The average Bonchev–Trinajstić information content (AvgIpc) is 2.38. The maximum Gasteiger partial charge on any atom is 0.126 e. The van der Waals surface area contributed by atoms with E-state index >= 15 is 0 Å².